The van der Waals surface area contributed by atoms with E-state index in [0.29, 0.717) is 17.9 Å². The molecular formula is C21H31N3O2. The first-order valence-corrected chi connectivity index (χ1v) is 10.3. The van der Waals surface area contributed by atoms with Crippen molar-refractivity contribution in [1.82, 2.24) is 14.8 Å². The highest BCUT2D eigenvalue weighted by Crippen LogP contribution is 2.32. The van der Waals surface area contributed by atoms with Crippen LogP contribution in [0.2, 0.25) is 0 Å². The molecule has 0 aromatic carbocycles. The number of nitrogens with zero attached hydrogens (tertiary/aromatic N) is 3. The third-order valence-electron chi connectivity index (χ3n) is 6.34. The van der Waals surface area contributed by atoms with E-state index >= 15 is 0 Å². The van der Waals surface area contributed by atoms with Crippen molar-refractivity contribution >= 4 is 5.91 Å². The van der Waals surface area contributed by atoms with Gasteiger partial charge in [-0.15, -0.1) is 0 Å². The fraction of sp³-hybridized carbons (Fsp3) is 0.714. The molecule has 26 heavy (non-hydrogen) atoms. The summed E-state index contributed by atoms with van der Waals surface area (Å²) in [4.78, 5) is 21.7. The van der Waals surface area contributed by atoms with Crippen LogP contribution in [0.4, 0.5) is 0 Å². The van der Waals surface area contributed by atoms with E-state index in [0.717, 1.165) is 63.4 Å². The summed E-state index contributed by atoms with van der Waals surface area (Å²) in [5, 5.41) is 0. The van der Waals surface area contributed by atoms with Crippen molar-refractivity contribution in [3.05, 3.63) is 29.5 Å². The standard InChI is InChI=1S/C21H31N3O2/c1-16-22-19(15-26-16)14-23-11-10-20-18(13-23)7-8-21(25)24(20)12-9-17-5-3-2-4-6-17/h5,15,18,20H,2-4,6-14H2,1H3/t18-,20+/m0/s1. The Kier molecular flexibility index (Phi) is 5.44. The molecule has 5 nitrogen and oxygen atoms in total. The second-order valence-corrected chi connectivity index (χ2v) is 8.19. The van der Waals surface area contributed by atoms with Crippen LogP contribution in [0.5, 0.6) is 0 Å². The Bertz CT molecular complexity index is 666. The molecule has 0 radical (unpaired) electrons. The minimum absolute atomic E-state index is 0.378. The van der Waals surface area contributed by atoms with Gasteiger partial charge < -0.3 is 9.32 Å². The number of oxazole rings is 1. The topological polar surface area (TPSA) is 49.6 Å². The highest BCUT2D eigenvalue weighted by molar-refractivity contribution is 5.77. The largest absolute Gasteiger partial charge is 0.449 e. The number of allylic oxidation sites excluding steroid dienone is 1. The van der Waals surface area contributed by atoms with E-state index in [2.05, 4.69) is 20.9 Å². The van der Waals surface area contributed by atoms with E-state index in [1.165, 1.54) is 25.7 Å². The zero-order valence-corrected chi connectivity index (χ0v) is 16.0. The number of rotatable bonds is 5. The van der Waals surface area contributed by atoms with Crippen LogP contribution < -0.4 is 0 Å². The lowest BCUT2D eigenvalue weighted by molar-refractivity contribution is -0.141. The molecule has 1 aromatic rings. The molecule has 0 saturated carbocycles. The fourth-order valence-electron chi connectivity index (χ4n) is 4.97. The second-order valence-electron chi connectivity index (χ2n) is 8.19. The average molecular weight is 357 g/mol. The minimum atomic E-state index is 0.378. The Morgan fingerprint density at radius 3 is 2.96 bits per heavy atom. The summed E-state index contributed by atoms with van der Waals surface area (Å²) in [5.74, 6) is 1.72. The van der Waals surface area contributed by atoms with Crippen molar-refractivity contribution in [3.63, 3.8) is 0 Å². The Hall–Kier alpha value is -1.62. The summed E-state index contributed by atoms with van der Waals surface area (Å²) in [6, 6.07) is 0.440. The summed E-state index contributed by atoms with van der Waals surface area (Å²) in [7, 11) is 0. The summed E-state index contributed by atoms with van der Waals surface area (Å²) < 4.78 is 5.34. The third kappa shape index (κ3) is 4.03. The molecule has 2 fully saturated rings. The van der Waals surface area contributed by atoms with E-state index in [9.17, 15) is 4.79 Å². The van der Waals surface area contributed by atoms with Crippen molar-refractivity contribution in [1.29, 1.82) is 0 Å². The predicted octanol–water partition coefficient (Wildman–Crippen LogP) is 3.69. The Morgan fingerprint density at radius 2 is 2.19 bits per heavy atom. The van der Waals surface area contributed by atoms with Crippen molar-refractivity contribution in [2.45, 2.75) is 70.9 Å². The number of carbonyl (C=O) groups excluding carboxylic acids is 1. The van der Waals surface area contributed by atoms with Crippen LogP contribution >= 0.6 is 0 Å². The highest BCUT2D eigenvalue weighted by atomic mass is 16.3. The van der Waals surface area contributed by atoms with Crippen molar-refractivity contribution in [2.75, 3.05) is 19.6 Å². The van der Waals surface area contributed by atoms with Crippen LogP contribution in [0.1, 0.15) is 63.0 Å². The maximum absolute atomic E-state index is 12.6. The van der Waals surface area contributed by atoms with Gasteiger partial charge >= 0.3 is 0 Å². The number of fused-ring (bicyclic) bond motifs is 1. The second kappa shape index (κ2) is 7.95. The number of hydrogen-bond acceptors (Lipinski definition) is 4. The molecule has 1 aromatic heterocycles. The van der Waals surface area contributed by atoms with Crippen molar-refractivity contribution < 1.29 is 9.21 Å². The molecule has 2 atom stereocenters. The zero-order valence-electron chi connectivity index (χ0n) is 16.0. The maximum atomic E-state index is 12.6. The van der Waals surface area contributed by atoms with Gasteiger partial charge in [0, 0.05) is 45.6 Å². The molecule has 4 rings (SSSR count). The normalized spacial score (nSPS) is 27.3. The number of aromatic nitrogens is 1. The molecule has 0 N–H and O–H groups in total. The van der Waals surface area contributed by atoms with Gasteiger partial charge in [0.1, 0.15) is 6.26 Å². The molecule has 2 aliphatic heterocycles. The molecule has 5 heteroatoms. The molecule has 3 heterocycles. The Morgan fingerprint density at radius 1 is 1.27 bits per heavy atom. The van der Waals surface area contributed by atoms with Gasteiger partial charge in [0.25, 0.3) is 0 Å². The van der Waals surface area contributed by atoms with Gasteiger partial charge in [0.2, 0.25) is 5.91 Å². The van der Waals surface area contributed by atoms with E-state index in [-0.39, 0.29) is 0 Å². The summed E-state index contributed by atoms with van der Waals surface area (Å²) in [5.41, 5.74) is 2.60. The summed E-state index contributed by atoms with van der Waals surface area (Å²) in [6.45, 7) is 5.79. The minimum Gasteiger partial charge on any atom is -0.449 e. The van der Waals surface area contributed by atoms with Crippen LogP contribution in [-0.2, 0) is 11.3 Å². The Labute approximate surface area is 156 Å². The molecule has 0 unspecified atom stereocenters. The van der Waals surface area contributed by atoms with E-state index in [4.69, 9.17) is 4.42 Å². The van der Waals surface area contributed by atoms with E-state index in [1.807, 2.05) is 6.92 Å². The predicted molar refractivity (Wildman–Crippen MR) is 101 cm³/mol. The zero-order chi connectivity index (χ0) is 17.9. The first-order valence-electron chi connectivity index (χ1n) is 10.3. The maximum Gasteiger partial charge on any atom is 0.222 e. The van der Waals surface area contributed by atoms with E-state index < -0.39 is 0 Å². The lowest BCUT2D eigenvalue weighted by Crippen LogP contribution is -2.56. The first-order chi connectivity index (χ1) is 12.7. The van der Waals surface area contributed by atoms with Crippen LogP contribution in [0, 0.1) is 12.8 Å². The van der Waals surface area contributed by atoms with Gasteiger partial charge in [0.15, 0.2) is 5.89 Å². The summed E-state index contributed by atoms with van der Waals surface area (Å²) >= 11 is 0. The lowest BCUT2D eigenvalue weighted by Gasteiger charge is -2.47. The number of carbonyl (C=O) groups is 1. The third-order valence-corrected chi connectivity index (χ3v) is 6.34. The highest BCUT2D eigenvalue weighted by Gasteiger charge is 2.39. The molecule has 2 saturated heterocycles. The molecule has 0 spiro atoms. The van der Waals surface area contributed by atoms with Gasteiger partial charge in [-0.3, -0.25) is 9.69 Å². The fourth-order valence-corrected chi connectivity index (χ4v) is 4.97. The molecule has 1 amide bonds. The number of likely N-dealkylation sites (tertiary alicyclic amines) is 2. The lowest BCUT2D eigenvalue weighted by atomic mass is 9.83. The SMILES string of the molecule is Cc1nc(CN2CC[C@@H]3[C@@H](CCC(=O)N3CCC3=CCCCC3)C2)co1. The quantitative estimate of drug-likeness (QED) is 0.754. The number of hydrogen-bond donors (Lipinski definition) is 0. The number of amides is 1. The van der Waals surface area contributed by atoms with Gasteiger partial charge in [-0.2, -0.15) is 0 Å². The van der Waals surface area contributed by atoms with Crippen LogP contribution in [0.3, 0.4) is 0 Å². The molecule has 142 valence electrons. The first kappa shape index (κ1) is 17.8. The molecule has 1 aliphatic carbocycles. The Balaban J connectivity index is 1.34. The van der Waals surface area contributed by atoms with Crippen molar-refractivity contribution in [2.24, 2.45) is 5.92 Å². The van der Waals surface area contributed by atoms with Gasteiger partial charge in [-0.25, -0.2) is 4.98 Å². The van der Waals surface area contributed by atoms with Crippen molar-refractivity contribution in [3.8, 4) is 0 Å². The summed E-state index contributed by atoms with van der Waals surface area (Å²) in [6.07, 6.45) is 13.2. The van der Waals surface area contributed by atoms with E-state index in [1.54, 1.807) is 11.8 Å². The molecule has 3 aliphatic rings. The van der Waals surface area contributed by atoms with Gasteiger partial charge in [0.05, 0.1) is 5.69 Å². The van der Waals surface area contributed by atoms with Crippen LogP contribution in [0.15, 0.2) is 22.3 Å². The monoisotopic (exact) mass is 357 g/mol. The van der Waals surface area contributed by atoms with Crippen LogP contribution in [-0.4, -0.2) is 46.4 Å². The smallest absolute Gasteiger partial charge is 0.222 e. The molecular weight excluding hydrogens is 326 g/mol. The average Bonchev–Trinajstić information content (AvgIpc) is 3.06. The van der Waals surface area contributed by atoms with Gasteiger partial charge in [-0.1, -0.05) is 11.6 Å². The van der Waals surface area contributed by atoms with Crippen LogP contribution in [0.25, 0.3) is 0 Å². The molecule has 0 bridgehead atoms. The number of aryl methyl sites for hydroxylation is 1. The number of piperidine rings is 2. The van der Waals surface area contributed by atoms with Gasteiger partial charge in [-0.05, 0) is 50.9 Å².